The van der Waals surface area contributed by atoms with Gasteiger partial charge < -0.3 is 4.74 Å². The van der Waals surface area contributed by atoms with E-state index >= 15 is 0 Å². The van der Waals surface area contributed by atoms with Gasteiger partial charge >= 0.3 is 0 Å². The third-order valence-corrected chi connectivity index (χ3v) is 3.94. The summed E-state index contributed by atoms with van der Waals surface area (Å²) in [4.78, 5) is 0. The van der Waals surface area contributed by atoms with Crippen LogP contribution < -0.4 is 4.74 Å². The number of hydrogen-bond donors (Lipinski definition) is 0. The van der Waals surface area contributed by atoms with Crippen LogP contribution in [0.15, 0.2) is 23.8 Å². The third kappa shape index (κ3) is 3.20. The fourth-order valence-corrected chi connectivity index (χ4v) is 2.92. The Bertz CT molecular complexity index is 484. The number of rotatable bonds is 4. The summed E-state index contributed by atoms with van der Waals surface area (Å²) >= 11 is 0. The molecule has 0 N–H and O–H groups in total. The van der Waals surface area contributed by atoms with Crippen molar-refractivity contribution in [1.29, 1.82) is 0 Å². The van der Waals surface area contributed by atoms with Gasteiger partial charge in [0.15, 0.2) is 11.6 Å². The second-order valence-corrected chi connectivity index (χ2v) is 5.26. The van der Waals surface area contributed by atoms with E-state index in [9.17, 15) is 8.78 Å². The largest absolute Gasteiger partial charge is 0.491 e. The number of allylic oxidation sites excluding steroid dienone is 2. The summed E-state index contributed by atoms with van der Waals surface area (Å²) < 4.78 is 33.1. The highest BCUT2D eigenvalue weighted by Crippen LogP contribution is 2.38. The van der Waals surface area contributed by atoms with Gasteiger partial charge in [0.1, 0.15) is 0 Å². The zero-order chi connectivity index (χ0) is 14.5. The smallest absolute Gasteiger partial charge is 0.200 e. The van der Waals surface area contributed by atoms with Crippen LogP contribution in [0.3, 0.4) is 0 Å². The zero-order valence-corrected chi connectivity index (χ0v) is 12.2. The fourth-order valence-electron chi connectivity index (χ4n) is 2.92. The van der Waals surface area contributed by atoms with Gasteiger partial charge in [-0.1, -0.05) is 24.6 Å². The van der Waals surface area contributed by atoms with Crippen LogP contribution in [-0.4, -0.2) is 6.61 Å². The molecule has 0 bridgehead atoms. The number of ether oxygens (including phenoxy) is 1. The minimum atomic E-state index is -0.848. The highest BCUT2D eigenvalue weighted by molar-refractivity contribution is 5.33. The Morgan fingerprint density at radius 3 is 2.45 bits per heavy atom. The Labute approximate surface area is 119 Å². The quantitative estimate of drug-likeness (QED) is 0.675. The molecule has 0 atom stereocenters. The Morgan fingerprint density at radius 1 is 1.15 bits per heavy atom. The second-order valence-electron chi connectivity index (χ2n) is 5.26. The maximum Gasteiger partial charge on any atom is 0.200 e. The third-order valence-electron chi connectivity index (χ3n) is 3.94. The summed E-state index contributed by atoms with van der Waals surface area (Å²) in [6, 6.07) is 3.23. The van der Waals surface area contributed by atoms with Gasteiger partial charge in [0.05, 0.1) is 6.61 Å². The molecule has 1 fully saturated rings. The molecule has 20 heavy (non-hydrogen) atoms. The van der Waals surface area contributed by atoms with E-state index in [0.717, 1.165) is 32.1 Å². The molecular formula is C17H22F2O. The van der Waals surface area contributed by atoms with E-state index in [0.29, 0.717) is 12.2 Å². The topological polar surface area (TPSA) is 9.23 Å². The van der Waals surface area contributed by atoms with Gasteiger partial charge in [-0.2, -0.15) is 4.39 Å². The Kier molecular flexibility index (Phi) is 5.16. The van der Waals surface area contributed by atoms with E-state index in [1.807, 2.05) is 0 Å². The lowest BCUT2D eigenvalue weighted by Gasteiger charge is -2.25. The minimum Gasteiger partial charge on any atom is -0.491 e. The molecule has 1 nitrogen and oxygen atoms in total. The number of halogens is 2. The molecule has 3 heteroatoms. The van der Waals surface area contributed by atoms with E-state index in [1.54, 1.807) is 19.1 Å². The Hall–Kier alpha value is -1.38. The first-order valence-electron chi connectivity index (χ1n) is 7.45. The molecule has 110 valence electrons. The first-order valence-corrected chi connectivity index (χ1v) is 7.45. The van der Waals surface area contributed by atoms with Crippen molar-refractivity contribution in [2.45, 2.75) is 51.9 Å². The number of hydrogen-bond acceptors (Lipinski definition) is 1. The van der Waals surface area contributed by atoms with Crippen molar-refractivity contribution in [3.8, 4) is 5.75 Å². The second kappa shape index (κ2) is 6.87. The summed E-state index contributed by atoms with van der Waals surface area (Å²) in [5.41, 5.74) is 1.96. The molecule has 1 saturated carbocycles. The predicted octanol–water partition coefficient (Wildman–Crippen LogP) is 5.36. The molecule has 0 aliphatic heterocycles. The summed E-state index contributed by atoms with van der Waals surface area (Å²) in [7, 11) is 0. The Morgan fingerprint density at radius 2 is 1.85 bits per heavy atom. The SMILES string of the molecule is CCC=C1CCC(c2ccc(OCC)c(F)c2F)CC1. The molecule has 0 saturated heterocycles. The van der Waals surface area contributed by atoms with E-state index in [2.05, 4.69) is 13.0 Å². The first kappa shape index (κ1) is 15.0. The molecule has 0 amide bonds. The van der Waals surface area contributed by atoms with Crippen molar-refractivity contribution in [3.63, 3.8) is 0 Å². The summed E-state index contributed by atoms with van der Waals surface area (Å²) in [5, 5.41) is 0. The standard InChI is InChI=1S/C17H22F2O/c1-3-5-12-6-8-13(9-7-12)14-10-11-15(20-4-2)17(19)16(14)18/h5,10-11,13H,3-4,6-9H2,1-2H3. The van der Waals surface area contributed by atoms with Gasteiger partial charge in [0.2, 0.25) is 5.82 Å². The van der Waals surface area contributed by atoms with Crippen molar-refractivity contribution >= 4 is 0 Å². The first-order chi connectivity index (χ1) is 9.67. The van der Waals surface area contributed by atoms with E-state index < -0.39 is 11.6 Å². The van der Waals surface area contributed by atoms with Crippen LogP contribution >= 0.6 is 0 Å². The fraction of sp³-hybridized carbons (Fsp3) is 0.529. The normalized spacial score (nSPS) is 19.0. The van der Waals surface area contributed by atoms with E-state index in [1.165, 1.54) is 5.57 Å². The zero-order valence-electron chi connectivity index (χ0n) is 12.2. The molecule has 1 aromatic rings. The van der Waals surface area contributed by atoms with Crippen molar-refractivity contribution < 1.29 is 13.5 Å². The van der Waals surface area contributed by atoms with Gasteiger partial charge in [-0.3, -0.25) is 0 Å². The average molecular weight is 280 g/mol. The van der Waals surface area contributed by atoms with Crippen molar-refractivity contribution in [3.05, 3.63) is 41.0 Å². The highest BCUT2D eigenvalue weighted by atomic mass is 19.2. The minimum absolute atomic E-state index is 0.0103. The van der Waals surface area contributed by atoms with E-state index in [4.69, 9.17) is 4.74 Å². The van der Waals surface area contributed by atoms with Crippen molar-refractivity contribution in [1.82, 2.24) is 0 Å². The summed E-state index contributed by atoms with van der Waals surface area (Å²) in [6.07, 6.45) is 7.09. The van der Waals surface area contributed by atoms with Gasteiger partial charge in [0, 0.05) is 0 Å². The maximum absolute atomic E-state index is 14.1. The molecule has 0 radical (unpaired) electrons. The molecule has 0 unspecified atom stereocenters. The Balaban J connectivity index is 2.14. The molecule has 0 spiro atoms. The molecule has 1 aliphatic carbocycles. The van der Waals surface area contributed by atoms with Gasteiger partial charge in [0.25, 0.3) is 0 Å². The van der Waals surface area contributed by atoms with Crippen LogP contribution in [0.25, 0.3) is 0 Å². The highest BCUT2D eigenvalue weighted by Gasteiger charge is 2.24. The van der Waals surface area contributed by atoms with Crippen molar-refractivity contribution in [2.75, 3.05) is 6.61 Å². The van der Waals surface area contributed by atoms with Gasteiger partial charge in [-0.05, 0) is 56.6 Å². The van der Waals surface area contributed by atoms with Gasteiger partial charge in [-0.15, -0.1) is 0 Å². The number of benzene rings is 1. The van der Waals surface area contributed by atoms with E-state index in [-0.39, 0.29) is 11.7 Å². The lowest BCUT2D eigenvalue weighted by atomic mass is 9.81. The lowest BCUT2D eigenvalue weighted by Crippen LogP contribution is -2.10. The predicted molar refractivity (Wildman–Crippen MR) is 77.1 cm³/mol. The average Bonchev–Trinajstić information content (AvgIpc) is 2.46. The van der Waals surface area contributed by atoms with Crippen LogP contribution in [0.2, 0.25) is 0 Å². The summed E-state index contributed by atoms with van der Waals surface area (Å²) in [6.45, 7) is 4.22. The molecule has 0 aromatic heterocycles. The molecule has 1 aliphatic rings. The monoisotopic (exact) mass is 280 g/mol. The molecule has 2 rings (SSSR count). The maximum atomic E-state index is 14.1. The molecule has 1 aromatic carbocycles. The van der Waals surface area contributed by atoms with Crippen LogP contribution in [-0.2, 0) is 0 Å². The molecule has 0 heterocycles. The molecular weight excluding hydrogens is 258 g/mol. The lowest BCUT2D eigenvalue weighted by molar-refractivity contribution is 0.312. The summed E-state index contributed by atoms with van der Waals surface area (Å²) in [5.74, 6) is -1.45. The van der Waals surface area contributed by atoms with Crippen LogP contribution in [0.5, 0.6) is 5.75 Å². The van der Waals surface area contributed by atoms with Crippen LogP contribution in [0, 0.1) is 11.6 Å². The van der Waals surface area contributed by atoms with Crippen LogP contribution in [0.1, 0.15) is 57.4 Å². The van der Waals surface area contributed by atoms with Gasteiger partial charge in [-0.25, -0.2) is 4.39 Å². The van der Waals surface area contributed by atoms with Crippen molar-refractivity contribution in [2.24, 2.45) is 0 Å². The van der Waals surface area contributed by atoms with Crippen LogP contribution in [0.4, 0.5) is 8.78 Å².